The Bertz CT molecular complexity index is 764. The average Bonchev–Trinajstić information content (AvgIpc) is 3.05. The molecule has 0 aliphatic carbocycles. The molecule has 1 aromatic heterocycles. The summed E-state index contributed by atoms with van der Waals surface area (Å²) >= 11 is 0. The molecule has 2 aliphatic rings. The van der Waals surface area contributed by atoms with E-state index in [-0.39, 0.29) is 18.1 Å². The Morgan fingerprint density at radius 2 is 1.92 bits per heavy atom. The van der Waals surface area contributed by atoms with Crippen molar-refractivity contribution >= 4 is 5.91 Å². The summed E-state index contributed by atoms with van der Waals surface area (Å²) in [5, 5.41) is 4.28. The summed E-state index contributed by atoms with van der Waals surface area (Å²) in [5.41, 5.74) is 3.06. The first kappa shape index (κ1) is 17.2. The summed E-state index contributed by atoms with van der Waals surface area (Å²) in [7, 11) is 0. The van der Waals surface area contributed by atoms with Crippen molar-refractivity contribution in [1.82, 2.24) is 15.0 Å². The maximum Gasteiger partial charge on any atom is 0.236 e. The zero-order valence-corrected chi connectivity index (χ0v) is 15.4. The number of fused-ring (bicyclic) bond motifs is 1. The Morgan fingerprint density at radius 1 is 1.19 bits per heavy atom. The first-order valence-corrected chi connectivity index (χ1v) is 9.28. The van der Waals surface area contributed by atoms with Crippen LogP contribution in [-0.2, 0) is 22.5 Å². The van der Waals surface area contributed by atoms with Gasteiger partial charge in [0.15, 0.2) is 0 Å². The van der Waals surface area contributed by atoms with E-state index in [9.17, 15) is 4.79 Å². The van der Waals surface area contributed by atoms with Crippen molar-refractivity contribution in [2.45, 2.75) is 39.0 Å². The topological polar surface area (TPSA) is 58.8 Å². The molecule has 1 aromatic carbocycles. The molecule has 0 spiro atoms. The Labute approximate surface area is 153 Å². The number of carbonyl (C=O) groups is 1. The fraction of sp³-hybridized carbons (Fsp3) is 0.500. The molecule has 4 rings (SSSR count). The highest BCUT2D eigenvalue weighted by Gasteiger charge is 2.30. The fourth-order valence-electron chi connectivity index (χ4n) is 3.90. The first-order valence-electron chi connectivity index (χ1n) is 9.28. The van der Waals surface area contributed by atoms with Gasteiger partial charge in [0, 0.05) is 43.7 Å². The molecule has 1 fully saturated rings. The molecule has 0 unspecified atom stereocenters. The number of benzene rings is 1. The summed E-state index contributed by atoms with van der Waals surface area (Å²) in [6.45, 7) is 7.33. The fourth-order valence-corrected chi connectivity index (χ4v) is 3.90. The van der Waals surface area contributed by atoms with Gasteiger partial charge in [0.25, 0.3) is 0 Å². The van der Waals surface area contributed by atoms with E-state index in [1.54, 1.807) is 0 Å². The quantitative estimate of drug-likeness (QED) is 0.846. The van der Waals surface area contributed by atoms with Crippen molar-refractivity contribution in [2.24, 2.45) is 0 Å². The monoisotopic (exact) mass is 355 g/mol. The zero-order valence-electron chi connectivity index (χ0n) is 15.4. The number of amides is 1. The molecule has 2 aliphatic heterocycles. The van der Waals surface area contributed by atoms with Gasteiger partial charge in [-0.1, -0.05) is 35.5 Å². The molecule has 1 amide bonds. The predicted molar refractivity (Wildman–Crippen MR) is 97.5 cm³/mol. The summed E-state index contributed by atoms with van der Waals surface area (Å²) in [5.74, 6) is 1.12. The van der Waals surface area contributed by atoms with E-state index in [0.29, 0.717) is 26.2 Å². The molecule has 2 atom stereocenters. The molecular formula is C20H25N3O3. The minimum atomic E-state index is 0.0958. The second kappa shape index (κ2) is 7.21. The van der Waals surface area contributed by atoms with Crippen LogP contribution in [0.5, 0.6) is 0 Å². The van der Waals surface area contributed by atoms with Crippen LogP contribution >= 0.6 is 0 Å². The van der Waals surface area contributed by atoms with Crippen LogP contribution in [0.4, 0.5) is 0 Å². The van der Waals surface area contributed by atoms with Gasteiger partial charge >= 0.3 is 0 Å². The van der Waals surface area contributed by atoms with Gasteiger partial charge in [-0.15, -0.1) is 0 Å². The number of ether oxygens (including phenoxy) is 1. The Morgan fingerprint density at radius 3 is 2.65 bits per heavy atom. The van der Waals surface area contributed by atoms with Crippen molar-refractivity contribution in [3.8, 4) is 11.3 Å². The molecular weight excluding hydrogens is 330 g/mol. The summed E-state index contributed by atoms with van der Waals surface area (Å²) in [4.78, 5) is 16.9. The van der Waals surface area contributed by atoms with Crippen LogP contribution in [0.2, 0.25) is 0 Å². The maximum absolute atomic E-state index is 12.8. The van der Waals surface area contributed by atoms with Crippen molar-refractivity contribution in [1.29, 1.82) is 0 Å². The van der Waals surface area contributed by atoms with Gasteiger partial charge in [-0.25, -0.2) is 0 Å². The molecule has 0 radical (unpaired) electrons. The minimum absolute atomic E-state index is 0.0958. The number of hydrogen-bond donors (Lipinski definition) is 0. The molecule has 2 aromatic rings. The molecule has 0 N–H and O–H groups in total. The second-order valence-corrected chi connectivity index (χ2v) is 7.32. The molecule has 6 heteroatoms. The summed E-state index contributed by atoms with van der Waals surface area (Å²) in [6, 6.07) is 10.1. The van der Waals surface area contributed by atoms with Gasteiger partial charge in [0.2, 0.25) is 5.91 Å². The average molecular weight is 355 g/mol. The van der Waals surface area contributed by atoms with E-state index >= 15 is 0 Å². The lowest BCUT2D eigenvalue weighted by Gasteiger charge is -2.36. The smallest absolute Gasteiger partial charge is 0.236 e. The van der Waals surface area contributed by atoms with Crippen LogP contribution in [0.15, 0.2) is 34.9 Å². The number of hydrogen-bond acceptors (Lipinski definition) is 5. The van der Waals surface area contributed by atoms with E-state index in [4.69, 9.17) is 9.26 Å². The minimum Gasteiger partial charge on any atom is -0.372 e. The zero-order chi connectivity index (χ0) is 18.1. The lowest BCUT2D eigenvalue weighted by atomic mass is 10.0. The molecule has 138 valence electrons. The van der Waals surface area contributed by atoms with Crippen molar-refractivity contribution in [3.63, 3.8) is 0 Å². The van der Waals surface area contributed by atoms with Crippen LogP contribution in [0.25, 0.3) is 11.3 Å². The molecule has 0 saturated carbocycles. The second-order valence-electron chi connectivity index (χ2n) is 7.32. The largest absolute Gasteiger partial charge is 0.372 e. The molecule has 1 saturated heterocycles. The molecule has 6 nitrogen and oxygen atoms in total. The van der Waals surface area contributed by atoms with Crippen LogP contribution in [-0.4, -0.2) is 59.3 Å². The number of morpholine rings is 1. The van der Waals surface area contributed by atoms with Crippen molar-refractivity contribution in [2.75, 3.05) is 26.2 Å². The summed E-state index contributed by atoms with van der Waals surface area (Å²) < 4.78 is 11.3. The lowest BCUT2D eigenvalue weighted by molar-refractivity contribution is -0.144. The number of nitrogens with zero attached hydrogens (tertiary/aromatic N) is 3. The highest BCUT2D eigenvalue weighted by Crippen LogP contribution is 2.29. The van der Waals surface area contributed by atoms with E-state index in [1.165, 1.54) is 0 Å². The third kappa shape index (κ3) is 3.52. The van der Waals surface area contributed by atoms with Crippen LogP contribution < -0.4 is 0 Å². The van der Waals surface area contributed by atoms with Gasteiger partial charge in [0.1, 0.15) is 11.5 Å². The Kier molecular flexibility index (Phi) is 4.78. The highest BCUT2D eigenvalue weighted by molar-refractivity contribution is 5.78. The first-order chi connectivity index (χ1) is 12.6. The van der Waals surface area contributed by atoms with E-state index < -0.39 is 0 Å². The van der Waals surface area contributed by atoms with Crippen LogP contribution in [0, 0.1) is 0 Å². The van der Waals surface area contributed by atoms with E-state index in [0.717, 1.165) is 35.5 Å². The van der Waals surface area contributed by atoms with Gasteiger partial charge in [0.05, 0.1) is 18.8 Å². The summed E-state index contributed by atoms with van der Waals surface area (Å²) in [6.07, 6.45) is 0.982. The number of rotatable bonds is 3. The normalized spacial score (nSPS) is 23.7. The van der Waals surface area contributed by atoms with Gasteiger partial charge in [-0.05, 0) is 13.8 Å². The van der Waals surface area contributed by atoms with E-state index in [2.05, 4.69) is 10.1 Å². The Balaban J connectivity index is 1.45. The standard InChI is InChI=1S/C20H25N3O3/c1-14-10-23(11-15(2)25-14)19(24)13-22-9-8-18-17(12-22)20(21-26-18)16-6-4-3-5-7-16/h3-7,14-15H,8-13H2,1-2H3/t14-,15+. The third-order valence-corrected chi connectivity index (χ3v) is 5.08. The molecule has 3 heterocycles. The van der Waals surface area contributed by atoms with Crippen molar-refractivity contribution < 1.29 is 14.1 Å². The molecule has 0 bridgehead atoms. The highest BCUT2D eigenvalue weighted by atomic mass is 16.5. The number of aromatic nitrogens is 1. The van der Waals surface area contributed by atoms with Crippen molar-refractivity contribution in [3.05, 3.63) is 41.7 Å². The van der Waals surface area contributed by atoms with Gasteiger partial charge in [-0.2, -0.15) is 0 Å². The predicted octanol–water partition coefficient (Wildman–Crippen LogP) is 2.34. The number of carbonyl (C=O) groups excluding carboxylic acids is 1. The van der Waals surface area contributed by atoms with Crippen LogP contribution in [0.1, 0.15) is 25.2 Å². The van der Waals surface area contributed by atoms with E-state index in [1.807, 2.05) is 49.1 Å². The SMILES string of the molecule is C[C@@H]1CN(C(=O)CN2CCc3onc(-c4ccccc4)c3C2)C[C@H](C)O1. The molecule has 26 heavy (non-hydrogen) atoms. The maximum atomic E-state index is 12.8. The lowest BCUT2D eigenvalue weighted by Crippen LogP contribution is -2.51. The third-order valence-electron chi connectivity index (χ3n) is 5.08. The Hall–Kier alpha value is -2.18. The van der Waals surface area contributed by atoms with Gasteiger partial charge < -0.3 is 14.2 Å². The van der Waals surface area contributed by atoms with Gasteiger partial charge in [-0.3, -0.25) is 9.69 Å². The van der Waals surface area contributed by atoms with Crippen LogP contribution in [0.3, 0.4) is 0 Å².